The van der Waals surface area contributed by atoms with Gasteiger partial charge in [-0.2, -0.15) is 5.10 Å². The number of anilines is 1. The largest absolute Gasteiger partial charge is 0.384 e. The van der Waals surface area contributed by atoms with Crippen LogP contribution in [0.2, 0.25) is 0 Å². The van der Waals surface area contributed by atoms with Crippen molar-refractivity contribution in [3.63, 3.8) is 0 Å². The number of nitro benzene ring substituents is 1. The van der Waals surface area contributed by atoms with Gasteiger partial charge in [0.15, 0.2) is 0 Å². The van der Waals surface area contributed by atoms with E-state index in [1.807, 2.05) is 7.05 Å². The molecule has 1 aliphatic heterocycles. The van der Waals surface area contributed by atoms with Gasteiger partial charge in [0.25, 0.3) is 5.69 Å². The molecule has 0 aliphatic carbocycles. The quantitative estimate of drug-likeness (QED) is 0.640. The Kier molecular flexibility index (Phi) is 3.97. The molecule has 1 aromatic carbocycles. The maximum Gasteiger partial charge on any atom is 0.293 e. The zero-order valence-electron chi connectivity index (χ0n) is 13.8. The third-order valence-electron chi connectivity index (χ3n) is 4.86. The number of fused-ring (bicyclic) bond motifs is 1. The van der Waals surface area contributed by atoms with E-state index in [9.17, 15) is 10.1 Å². The highest BCUT2D eigenvalue weighted by Crippen LogP contribution is 2.40. The van der Waals surface area contributed by atoms with Gasteiger partial charge in [-0.25, -0.2) is 0 Å². The van der Waals surface area contributed by atoms with Crippen molar-refractivity contribution < 1.29 is 9.66 Å². The first-order valence-corrected chi connectivity index (χ1v) is 7.78. The molecule has 3 rings (SSSR count). The fraction of sp³-hybridized carbons (Fsp3) is 0.562. The molecule has 0 bridgehead atoms. The number of ether oxygens (including phenoxy) is 1. The lowest BCUT2D eigenvalue weighted by Gasteiger charge is -2.39. The third kappa shape index (κ3) is 2.76. The summed E-state index contributed by atoms with van der Waals surface area (Å²) in [5.74, 6) is 0. The molecule has 7 nitrogen and oxygen atoms in total. The molecule has 1 fully saturated rings. The Morgan fingerprint density at radius 3 is 2.70 bits per heavy atom. The number of nitro groups is 1. The number of nitrogens with zero attached hydrogens (tertiary/aromatic N) is 4. The van der Waals surface area contributed by atoms with Crippen LogP contribution >= 0.6 is 0 Å². The molecule has 1 aliphatic rings. The number of benzene rings is 1. The summed E-state index contributed by atoms with van der Waals surface area (Å²) in [6.07, 6.45) is 3.63. The minimum absolute atomic E-state index is 0.142. The Hall–Kier alpha value is -2.15. The molecule has 0 N–H and O–H groups in total. The van der Waals surface area contributed by atoms with E-state index in [1.54, 1.807) is 30.1 Å². The van der Waals surface area contributed by atoms with Gasteiger partial charge >= 0.3 is 0 Å². The van der Waals surface area contributed by atoms with Crippen molar-refractivity contribution in [3.05, 3.63) is 28.4 Å². The number of methoxy groups -OCH3 is 1. The van der Waals surface area contributed by atoms with Gasteiger partial charge in [-0.05, 0) is 24.3 Å². The summed E-state index contributed by atoms with van der Waals surface area (Å²) in [4.78, 5) is 13.3. The van der Waals surface area contributed by atoms with Crippen LogP contribution in [0.5, 0.6) is 0 Å². The second-order valence-corrected chi connectivity index (χ2v) is 6.62. The average molecular weight is 318 g/mol. The molecule has 1 aromatic heterocycles. The number of aryl methyl sites for hydroxylation is 1. The summed E-state index contributed by atoms with van der Waals surface area (Å²) in [6.45, 7) is 4.51. The van der Waals surface area contributed by atoms with Gasteiger partial charge in [-0.1, -0.05) is 6.92 Å². The van der Waals surface area contributed by atoms with Gasteiger partial charge < -0.3 is 9.64 Å². The molecular weight excluding hydrogens is 296 g/mol. The minimum Gasteiger partial charge on any atom is -0.384 e. The van der Waals surface area contributed by atoms with Crippen molar-refractivity contribution >= 4 is 22.3 Å². The van der Waals surface area contributed by atoms with E-state index in [1.165, 1.54) is 0 Å². The van der Waals surface area contributed by atoms with Gasteiger partial charge in [0.1, 0.15) is 5.69 Å². The second kappa shape index (κ2) is 5.81. The van der Waals surface area contributed by atoms with E-state index >= 15 is 0 Å². The topological polar surface area (TPSA) is 73.4 Å². The maximum absolute atomic E-state index is 11.5. The molecule has 2 heterocycles. The van der Waals surface area contributed by atoms with Crippen LogP contribution in [0.3, 0.4) is 0 Å². The van der Waals surface area contributed by atoms with Crippen LogP contribution in [0, 0.1) is 15.5 Å². The van der Waals surface area contributed by atoms with E-state index < -0.39 is 0 Å². The van der Waals surface area contributed by atoms with Gasteiger partial charge in [-0.15, -0.1) is 0 Å². The summed E-state index contributed by atoms with van der Waals surface area (Å²) in [5.41, 5.74) is 1.90. The highest BCUT2D eigenvalue weighted by molar-refractivity contribution is 5.97. The van der Waals surface area contributed by atoms with Crippen LogP contribution in [-0.2, 0) is 11.8 Å². The predicted octanol–water partition coefficient (Wildman–Crippen LogP) is 2.73. The number of aromatic nitrogens is 2. The SMILES string of the molecule is COCC1(C)CCN(c2c([N+](=O)[O-])ccc3c2cnn3C)CC1. The summed E-state index contributed by atoms with van der Waals surface area (Å²) in [6, 6.07) is 3.35. The van der Waals surface area contributed by atoms with E-state index in [0.717, 1.165) is 43.4 Å². The van der Waals surface area contributed by atoms with Crippen LogP contribution in [-0.4, -0.2) is 41.5 Å². The average Bonchev–Trinajstić information content (AvgIpc) is 2.89. The first kappa shape index (κ1) is 15.7. The van der Waals surface area contributed by atoms with Crippen molar-refractivity contribution in [1.82, 2.24) is 9.78 Å². The van der Waals surface area contributed by atoms with Gasteiger partial charge in [0, 0.05) is 33.3 Å². The molecule has 124 valence electrons. The fourth-order valence-corrected chi connectivity index (χ4v) is 3.44. The predicted molar refractivity (Wildman–Crippen MR) is 88.8 cm³/mol. The second-order valence-electron chi connectivity index (χ2n) is 6.62. The molecular formula is C16H22N4O3. The monoisotopic (exact) mass is 318 g/mol. The fourth-order valence-electron chi connectivity index (χ4n) is 3.44. The zero-order chi connectivity index (χ0) is 16.6. The Morgan fingerprint density at radius 2 is 2.09 bits per heavy atom. The lowest BCUT2D eigenvalue weighted by molar-refractivity contribution is -0.384. The lowest BCUT2D eigenvalue weighted by atomic mass is 9.81. The molecule has 2 aromatic rings. The van der Waals surface area contributed by atoms with Crippen molar-refractivity contribution in [2.45, 2.75) is 19.8 Å². The molecule has 0 atom stereocenters. The molecule has 7 heteroatoms. The first-order chi connectivity index (χ1) is 10.9. The van der Waals surface area contributed by atoms with E-state index in [0.29, 0.717) is 5.69 Å². The highest BCUT2D eigenvalue weighted by atomic mass is 16.6. The standard InChI is InChI=1S/C16H22N4O3/c1-16(11-23-3)6-8-19(9-7-16)15-12-10-17-18(2)13(12)4-5-14(15)20(21)22/h4-5,10H,6-9,11H2,1-3H3. The van der Waals surface area contributed by atoms with Crippen LogP contribution in [0.1, 0.15) is 19.8 Å². The number of hydrogen-bond donors (Lipinski definition) is 0. The number of piperidine rings is 1. The number of hydrogen-bond acceptors (Lipinski definition) is 5. The normalized spacial score (nSPS) is 17.6. The highest BCUT2D eigenvalue weighted by Gasteiger charge is 2.33. The Morgan fingerprint density at radius 1 is 1.39 bits per heavy atom. The molecule has 0 spiro atoms. The van der Waals surface area contributed by atoms with Crippen LogP contribution in [0.4, 0.5) is 11.4 Å². The summed E-state index contributed by atoms with van der Waals surface area (Å²) >= 11 is 0. The van der Waals surface area contributed by atoms with Gasteiger partial charge in [0.05, 0.1) is 28.6 Å². The lowest BCUT2D eigenvalue weighted by Crippen LogP contribution is -2.41. The van der Waals surface area contributed by atoms with Crippen molar-refractivity contribution in [2.75, 3.05) is 31.7 Å². The first-order valence-electron chi connectivity index (χ1n) is 7.78. The molecule has 0 amide bonds. The van der Waals surface area contributed by atoms with E-state index in [-0.39, 0.29) is 16.0 Å². The zero-order valence-corrected chi connectivity index (χ0v) is 13.8. The smallest absolute Gasteiger partial charge is 0.293 e. The molecule has 23 heavy (non-hydrogen) atoms. The van der Waals surface area contributed by atoms with E-state index in [4.69, 9.17) is 4.74 Å². The van der Waals surface area contributed by atoms with Crippen molar-refractivity contribution in [1.29, 1.82) is 0 Å². The molecule has 1 saturated heterocycles. The summed E-state index contributed by atoms with van der Waals surface area (Å²) < 4.78 is 7.07. The van der Waals surface area contributed by atoms with E-state index in [2.05, 4.69) is 16.9 Å². The molecule has 0 radical (unpaired) electrons. The Balaban J connectivity index is 1.99. The third-order valence-corrected chi connectivity index (χ3v) is 4.86. The van der Waals surface area contributed by atoms with Crippen LogP contribution < -0.4 is 4.90 Å². The summed E-state index contributed by atoms with van der Waals surface area (Å²) in [5, 5.41) is 16.6. The van der Waals surface area contributed by atoms with Crippen molar-refractivity contribution in [3.8, 4) is 0 Å². The molecule has 0 unspecified atom stereocenters. The summed E-state index contributed by atoms with van der Waals surface area (Å²) in [7, 11) is 3.57. The maximum atomic E-state index is 11.5. The van der Waals surface area contributed by atoms with Gasteiger partial charge in [0.2, 0.25) is 0 Å². The Bertz CT molecular complexity index is 732. The van der Waals surface area contributed by atoms with Crippen LogP contribution in [0.15, 0.2) is 18.3 Å². The number of rotatable bonds is 4. The molecule has 0 saturated carbocycles. The Labute approximate surface area is 135 Å². The van der Waals surface area contributed by atoms with Gasteiger partial charge in [-0.3, -0.25) is 14.8 Å². The minimum atomic E-state index is -0.301. The van der Waals surface area contributed by atoms with Crippen molar-refractivity contribution in [2.24, 2.45) is 12.5 Å². The van der Waals surface area contributed by atoms with Crippen LogP contribution in [0.25, 0.3) is 10.9 Å².